The lowest BCUT2D eigenvalue weighted by Gasteiger charge is -2.12. The fourth-order valence-electron chi connectivity index (χ4n) is 1.32. The largest absolute Gasteiger partial charge is 0.480 e. The quantitative estimate of drug-likeness (QED) is 0.656. The van der Waals surface area contributed by atoms with Crippen LogP contribution in [-0.4, -0.2) is 31.4 Å². The number of nitrogens with two attached hydrogens (primary N) is 1. The highest BCUT2D eigenvalue weighted by atomic mass is 32.2. The van der Waals surface area contributed by atoms with Crippen LogP contribution in [0.2, 0.25) is 0 Å². The first kappa shape index (κ1) is 15.6. The number of thiophene rings is 1. The molecule has 0 aliphatic heterocycles. The van der Waals surface area contributed by atoms with Gasteiger partial charge in [0.1, 0.15) is 10.3 Å². The number of nitrogens with one attached hydrogen (secondary N) is 1. The molecule has 1 rings (SSSR count). The Hall–Kier alpha value is -1.45. The van der Waals surface area contributed by atoms with Crippen LogP contribution >= 0.6 is 11.3 Å². The molecule has 106 valence electrons. The third-order valence-electron chi connectivity index (χ3n) is 2.26. The number of carbonyl (C=O) groups is 2. The van der Waals surface area contributed by atoms with E-state index in [4.69, 9.17) is 10.8 Å². The van der Waals surface area contributed by atoms with E-state index in [-0.39, 0.29) is 17.1 Å². The Balaban J connectivity index is 2.84. The first-order chi connectivity index (χ1) is 8.72. The van der Waals surface area contributed by atoms with E-state index in [2.05, 4.69) is 4.72 Å². The third-order valence-corrected chi connectivity index (χ3v) is 5.22. The summed E-state index contributed by atoms with van der Waals surface area (Å²) in [7, 11) is -3.90. The number of aliphatic carboxylic acids is 1. The van der Waals surface area contributed by atoms with Gasteiger partial charge in [-0.05, 0) is 25.5 Å². The molecule has 0 aliphatic carbocycles. The number of hydrogen-bond acceptors (Lipinski definition) is 5. The first-order valence-electron chi connectivity index (χ1n) is 5.32. The molecule has 4 N–H and O–H groups in total. The number of carboxylic acid groups (broad SMARTS) is 1. The molecule has 0 radical (unpaired) electrons. The lowest BCUT2D eigenvalue weighted by atomic mass is 10.2. The Morgan fingerprint density at radius 1 is 1.47 bits per heavy atom. The van der Waals surface area contributed by atoms with Gasteiger partial charge in [0.25, 0.3) is 10.0 Å². The van der Waals surface area contributed by atoms with Crippen molar-refractivity contribution in [2.24, 2.45) is 5.73 Å². The predicted molar refractivity (Wildman–Crippen MR) is 69.2 cm³/mol. The van der Waals surface area contributed by atoms with Crippen molar-refractivity contribution in [3.8, 4) is 0 Å². The number of rotatable bonds is 7. The Morgan fingerprint density at radius 3 is 2.53 bits per heavy atom. The summed E-state index contributed by atoms with van der Waals surface area (Å²) in [6, 6.07) is 1.65. The van der Waals surface area contributed by atoms with Crippen molar-refractivity contribution in [2.45, 2.75) is 30.0 Å². The van der Waals surface area contributed by atoms with Crippen LogP contribution in [0, 0.1) is 6.92 Å². The van der Waals surface area contributed by atoms with Crippen LogP contribution in [-0.2, 0) is 19.6 Å². The van der Waals surface area contributed by atoms with Crippen LogP contribution in [0.5, 0.6) is 0 Å². The zero-order chi connectivity index (χ0) is 14.6. The number of carboxylic acids is 1. The first-order valence-corrected chi connectivity index (χ1v) is 7.62. The summed E-state index contributed by atoms with van der Waals surface area (Å²) < 4.78 is 25.9. The van der Waals surface area contributed by atoms with Gasteiger partial charge in [-0.1, -0.05) is 0 Å². The highest BCUT2D eigenvalue weighted by molar-refractivity contribution is 7.91. The van der Waals surface area contributed by atoms with Gasteiger partial charge < -0.3 is 10.8 Å². The lowest BCUT2D eigenvalue weighted by molar-refractivity contribution is -0.139. The topological polar surface area (TPSA) is 127 Å². The van der Waals surface area contributed by atoms with Crippen molar-refractivity contribution in [1.29, 1.82) is 0 Å². The van der Waals surface area contributed by atoms with Crippen molar-refractivity contribution in [1.82, 2.24) is 4.72 Å². The third kappa shape index (κ3) is 4.62. The Morgan fingerprint density at radius 2 is 2.11 bits per heavy atom. The van der Waals surface area contributed by atoms with Gasteiger partial charge in [-0.25, -0.2) is 8.42 Å². The smallest absolute Gasteiger partial charge is 0.321 e. The van der Waals surface area contributed by atoms with Gasteiger partial charge in [0.2, 0.25) is 5.91 Å². The van der Waals surface area contributed by atoms with E-state index in [0.717, 1.165) is 16.2 Å². The summed E-state index contributed by atoms with van der Waals surface area (Å²) in [6.07, 6.45) is -0.392. The molecule has 0 saturated carbocycles. The molecule has 0 aromatic carbocycles. The van der Waals surface area contributed by atoms with Crippen molar-refractivity contribution in [2.75, 3.05) is 0 Å². The fraction of sp³-hybridized carbons (Fsp3) is 0.400. The molecule has 0 spiro atoms. The minimum Gasteiger partial charge on any atom is -0.480 e. The molecule has 7 nitrogen and oxygen atoms in total. The van der Waals surface area contributed by atoms with E-state index < -0.39 is 27.9 Å². The van der Waals surface area contributed by atoms with Gasteiger partial charge in [0.05, 0.1) is 0 Å². The highest BCUT2D eigenvalue weighted by Gasteiger charge is 2.26. The summed E-state index contributed by atoms with van der Waals surface area (Å²) in [5, 5.41) is 8.93. The number of sulfonamides is 1. The summed E-state index contributed by atoms with van der Waals surface area (Å²) in [5.41, 5.74) is 4.91. The van der Waals surface area contributed by atoms with E-state index in [1.54, 1.807) is 13.0 Å². The van der Waals surface area contributed by atoms with Gasteiger partial charge in [0.15, 0.2) is 0 Å². The van der Waals surface area contributed by atoms with E-state index in [1.807, 2.05) is 0 Å². The molecule has 9 heteroatoms. The second-order valence-electron chi connectivity index (χ2n) is 3.88. The van der Waals surface area contributed by atoms with E-state index in [1.165, 1.54) is 6.07 Å². The molecule has 0 fully saturated rings. The van der Waals surface area contributed by atoms with Gasteiger partial charge in [-0.3, -0.25) is 9.59 Å². The molecule has 0 bridgehead atoms. The average molecular weight is 306 g/mol. The van der Waals surface area contributed by atoms with Gasteiger partial charge in [-0.15, -0.1) is 11.3 Å². The van der Waals surface area contributed by atoms with Crippen molar-refractivity contribution in [3.05, 3.63) is 17.0 Å². The zero-order valence-corrected chi connectivity index (χ0v) is 11.8. The Kier molecular flexibility index (Phi) is 5.04. The number of amides is 1. The molecule has 1 aromatic heterocycles. The van der Waals surface area contributed by atoms with Gasteiger partial charge in [-0.2, -0.15) is 4.72 Å². The van der Waals surface area contributed by atoms with Crippen LogP contribution in [0.1, 0.15) is 17.7 Å². The average Bonchev–Trinajstić information content (AvgIpc) is 2.71. The Labute approximate surface area is 114 Å². The molecule has 1 aromatic rings. The number of hydrogen-bond donors (Lipinski definition) is 3. The minimum atomic E-state index is -3.90. The molecule has 1 unspecified atom stereocenters. The number of aryl methyl sites for hydroxylation is 1. The molecule has 0 saturated heterocycles. The van der Waals surface area contributed by atoms with Crippen LogP contribution in [0.4, 0.5) is 0 Å². The number of carbonyl (C=O) groups excluding carboxylic acids is 1. The molecule has 1 amide bonds. The van der Waals surface area contributed by atoms with Gasteiger partial charge in [0, 0.05) is 11.3 Å². The monoisotopic (exact) mass is 306 g/mol. The summed E-state index contributed by atoms with van der Waals surface area (Å²) >= 11 is 1.04. The minimum absolute atomic E-state index is 0.0373. The molecule has 1 heterocycles. The lowest BCUT2D eigenvalue weighted by Crippen LogP contribution is -2.41. The predicted octanol–water partition coefficient (Wildman–Crippen LogP) is 0.0535. The molecule has 19 heavy (non-hydrogen) atoms. The van der Waals surface area contributed by atoms with Crippen molar-refractivity contribution < 1.29 is 23.1 Å². The van der Waals surface area contributed by atoms with Crippen LogP contribution in [0.25, 0.3) is 0 Å². The maximum absolute atomic E-state index is 11.9. The van der Waals surface area contributed by atoms with Crippen molar-refractivity contribution >= 4 is 33.2 Å². The Bertz CT molecular complexity index is 578. The second kappa shape index (κ2) is 6.13. The maximum atomic E-state index is 11.9. The normalized spacial score (nSPS) is 13.1. The highest BCUT2D eigenvalue weighted by Crippen LogP contribution is 2.21. The van der Waals surface area contributed by atoms with E-state index in [0.29, 0.717) is 0 Å². The maximum Gasteiger partial charge on any atom is 0.321 e. The molecular formula is C10H14N2O5S2. The van der Waals surface area contributed by atoms with Crippen LogP contribution in [0.15, 0.2) is 16.3 Å². The standard InChI is InChI=1S/C10H14N2O5S2/c1-6-2-5-9(18-6)19(16,17)12-7(10(14)15)3-4-8(11)13/h2,5,7,12H,3-4H2,1H3,(H2,11,13)(H,14,15). The summed E-state index contributed by atoms with van der Waals surface area (Å²) in [6.45, 7) is 1.74. The van der Waals surface area contributed by atoms with Crippen molar-refractivity contribution in [3.63, 3.8) is 0 Å². The second-order valence-corrected chi connectivity index (χ2v) is 7.11. The van der Waals surface area contributed by atoms with E-state index >= 15 is 0 Å². The molecule has 0 aliphatic rings. The number of primary amides is 1. The summed E-state index contributed by atoms with van der Waals surface area (Å²) in [4.78, 5) is 22.4. The van der Waals surface area contributed by atoms with Crippen LogP contribution < -0.4 is 10.5 Å². The SMILES string of the molecule is Cc1ccc(S(=O)(=O)NC(CCC(N)=O)C(=O)O)s1. The fourth-order valence-corrected chi connectivity index (χ4v) is 3.84. The molecule has 1 atom stereocenters. The summed E-state index contributed by atoms with van der Waals surface area (Å²) in [5.74, 6) is -2.03. The van der Waals surface area contributed by atoms with E-state index in [9.17, 15) is 18.0 Å². The van der Waals surface area contributed by atoms with Gasteiger partial charge >= 0.3 is 5.97 Å². The zero-order valence-electron chi connectivity index (χ0n) is 10.1. The molecular weight excluding hydrogens is 292 g/mol. The van der Waals surface area contributed by atoms with Crippen LogP contribution in [0.3, 0.4) is 0 Å².